The van der Waals surface area contributed by atoms with Gasteiger partial charge in [-0.2, -0.15) is 0 Å². The van der Waals surface area contributed by atoms with E-state index in [0.717, 1.165) is 34.0 Å². The van der Waals surface area contributed by atoms with Crippen molar-refractivity contribution in [3.8, 4) is 5.69 Å². The Morgan fingerprint density at radius 1 is 1.12 bits per heavy atom. The molecule has 4 rings (SSSR count). The number of hydrogen-bond acceptors (Lipinski definition) is 3. The highest BCUT2D eigenvalue weighted by Gasteiger charge is 2.21. The number of nitrogens with zero attached hydrogens (tertiary/aromatic N) is 3. The number of aliphatic imine (C=N–C) groups is 1. The van der Waals surface area contributed by atoms with Gasteiger partial charge in [0.15, 0.2) is 5.78 Å². The zero-order valence-corrected chi connectivity index (χ0v) is 13.7. The van der Waals surface area contributed by atoms with Crippen LogP contribution in [-0.2, 0) is 6.54 Å². The van der Waals surface area contributed by atoms with Crippen molar-refractivity contribution in [2.45, 2.75) is 20.4 Å². The number of rotatable bonds is 2. The Labute approximate surface area is 140 Å². The number of aromatic nitrogens is 2. The van der Waals surface area contributed by atoms with Crippen LogP contribution in [0.3, 0.4) is 0 Å². The molecule has 24 heavy (non-hydrogen) atoms. The van der Waals surface area contributed by atoms with Gasteiger partial charge in [0.2, 0.25) is 0 Å². The molecule has 4 nitrogen and oxygen atoms in total. The second kappa shape index (κ2) is 5.57. The van der Waals surface area contributed by atoms with Crippen molar-refractivity contribution < 1.29 is 4.79 Å². The number of Topliss-reactive ketones (excluding diaryl/α,β-unsaturated/α-hetero) is 1. The molecule has 0 bridgehead atoms. The molecule has 1 aliphatic rings. The van der Waals surface area contributed by atoms with Gasteiger partial charge in [-0.1, -0.05) is 30.3 Å². The Kier molecular flexibility index (Phi) is 3.38. The summed E-state index contributed by atoms with van der Waals surface area (Å²) in [4.78, 5) is 21.1. The minimum absolute atomic E-state index is 0.0528. The molecule has 118 valence electrons. The van der Waals surface area contributed by atoms with Crippen LogP contribution in [0.25, 0.3) is 5.69 Å². The highest BCUT2D eigenvalue weighted by molar-refractivity contribution is 6.16. The van der Waals surface area contributed by atoms with Gasteiger partial charge < -0.3 is 0 Å². The van der Waals surface area contributed by atoms with Crippen LogP contribution >= 0.6 is 0 Å². The lowest BCUT2D eigenvalue weighted by Gasteiger charge is -2.14. The van der Waals surface area contributed by atoms with E-state index in [-0.39, 0.29) is 5.78 Å². The monoisotopic (exact) mass is 315 g/mol. The topological polar surface area (TPSA) is 47.2 Å². The van der Waals surface area contributed by atoms with Gasteiger partial charge in [0.05, 0.1) is 29.8 Å². The van der Waals surface area contributed by atoms with E-state index in [1.54, 1.807) is 6.92 Å². The number of carbonyl (C=O) groups is 1. The van der Waals surface area contributed by atoms with Gasteiger partial charge in [-0.15, -0.1) is 0 Å². The lowest BCUT2D eigenvalue weighted by Crippen LogP contribution is -2.10. The van der Waals surface area contributed by atoms with Crippen molar-refractivity contribution in [2.24, 2.45) is 4.99 Å². The summed E-state index contributed by atoms with van der Waals surface area (Å²) in [7, 11) is 0. The van der Waals surface area contributed by atoms with Crippen molar-refractivity contribution >= 4 is 11.5 Å². The van der Waals surface area contributed by atoms with Crippen LogP contribution in [0.4, 0.5) is 0 Å². The van der Waals surface area contributed by atoms with Gasteiger partial charge in [-0.25, -0.2) is 4.98 Å². The molecule has 0 atom stereocenters. The number of hydrogen-bond donors (Lipinski definition) is 0. The molecule has 0 N–H and O–H groups in total. The zero-order valence-electron chi connectivity index (χ0n) is 13.7. The second-order valence-corrected chi connectivity index (χ2v) is 5.95. The minimum atomic E-state index is 0.0528. The van der Waals surface area contributed by atoms with Gasteiger partial charge >= 0.3 is 0 Å². The molecule has 0 saturated carbocycles. The van der Waals surface area contributed by atoms with E-state index in [0.29, 0.717) is 12.1 Å². The molecule has 0 aliphatic carbocycles. The van der Waals surface area contributed by atoms with Gasteiger partial charge in [0.1, 0.15) is 5.82 Å². The Morgan fingerprint density at radius 2 is 1.92 bits per heavy atom. The molecule has 4 heteroatoms. The fourth-order valence-electron chi connectivity index (χ4n) is 3.16. The maximum absolute atomic E-state index is 11.9. The third-order valence-corrected chi connectivity index (χ3v) is 4.36. The van der Waals surface area contributed by atoms with Crippen molar-refractivity contribution in [3.63, 3.8) is 0 Å². The molecule has 0 amide bonds. The van der Waals surface area contributed by atoms with Gasteiger partial charge in [0, 0.05) is 16.7 Å². The first-order valence-corrected chi connectivity index (χ1v) is 7.94. The first-order chi connectivity index (χ1) is 11.6. The summed E-state index contributed by atoms with van der Waals surface area (Å²) >= 11 is 0. The lowest BCUT2D eigenvalue weighted by atomic mass is 9.97. The summed E-state index contributed by atoms with van der Waals surface area (Å²) in [6, 6.07) is 15.9. The maximum atomic E-state index is 11.9. The molecule has 0 radical (unpaired) electrons. The lowest BCUT2D eigenvalue weighted by molar-refractivity contribution is 0.101. The summed E-state index contributed by atoms with van der Waals surface area (Å²) in [5.74, 6) is 0.975. The van der Waals surface area contributed by atoms with Crippen molar-refractivity contribution in [2.75, 3.05) is 0 Å². The Balaban J connectivity index is 2.01. The smallest absolute Gasteiger partial charge is 0.159 e. The highest BCUT2D eigenvalue weighted by Crippen LogP contribution is 2.27. The number of imidazole rings is 1. The fourth-order valence-corrected chi connectivity index (χ4v) is 3.16. The number of benzene rings is 2. The molecule has 3 aromatic rings. The van der Waals surface area contributed by atoms with Crippen molar-refractivity contribution in [3.05, 3.63) is 82.9 Å². The highest BCUT2D eigenvalue weighted by atomic mass is 16.1. The molecule has 0 spiro atoms. The van der Waals surface area contributed by atoms with Gasteiger partial charge in [-0.3, -0.25) is 14.4 Å². The summed E-state index contributed by atoms with van der Waals surface area (Å²) in [6.07, 6.45) is 1.87. The number of ketones is 1. The molecule has 1 aliphatic heterocycles. The Hall–Kier alpha value is -3.01. The average molecular weight is 315 g/mol. The summed E-state index contributed by atoms with van der Waals surface area (Å²) < 4.78 is 2.12. The zero-order chi connectivity index (χ0) is 16.7. The van der Waals surface area contributed by atoms with Crippen molar-refractivity contribution in [1.82, 2.24) is 9.55 Å². The van der Waals surface area contributed by atoms with Crippen LogP contribution in [0.15, 0.2) is 59.7 Å². The first-order valence-electron chi connectivity index (χ1n) is 7.94. The quantitative estimate of drug-likeness (QED) is 0.676. The molecule has 0 unspecified atom stereocenters. The molecular formula is C20H17N3O. The molecular weight excluding hydrogens is 298 g/mol. The van der Waals surface area contributed by atoms with Crippen LogP contribution in [0.2, 0.25) is 0 Å². The molecule has 2 heterocycles. The first kappa shape index (κ1) is 14.6. The third kappa shape index (κ3) is 2.27. The fraction of sp³-hybridized carbons (Fsp3) is 0.150. The summed E-state index contributed by atoms with van der Waals surface area (Å²) in [5, 5.41) is 0. The minimum Gasteiger partial charge on any atom is -0.298 e. The Bertz CT molecular complexity index is 968. The number of carbonyl (C=O) groups excluding carboxylic acids is 1. The normalized spacial score (nSPS) is 12.8. The summed E-state index contributed by atoms with van der Waals surface area (Å²) in [6.45, 7) is 4.14. The standard InChI is InChI=1S/C20H17N3O/c1-13(24)16-8-9-19-18(10-16)20(15-6-4-3-5-7-15)22-12-17-11-21-14(2)23(17)19/h3-11H,12H2,1-2H3. The van der Waals surface area contributed by atoms with Crippen LogP contribution < -0.4 is 0 Å². The van der Waals surface area contributed by atoms with E-state index in [2.05, 4.69) is 21.7 Å². The van der Waals surface area contributed by atoms with Gasteiger partial charge in [0.25, 0.3) is 0 Å². The van der Waals surface area contributed by atoms with E-state index < -0.39 is 0 Å². The van der Waals surface area contributed by atoms with Crippen LogP contribution in [-0.4, -0.2) is 21.0 Å². The largest absolute Gasteiger partial charge is 0.298 e. The number of aryl methyl sites for hydroxylation is 1. The Morgan fingerprint density at radius 3 is 2.67 bits per heavy atom. The predicted molar refractivity (Wildman–Crippen MR) is 94.1 cm³/mol. The molecule has 0 fully saturated rings. The molecule has 1 aromatic heterocycles. The third-order valence-electron chi connectivity index (χ3n) is 4.36. The van der Waals surface area contributed by atoms with Crippen LogP contribution in [0, 0.1) is 6.92 Å². The van der Waals surface area contributed by atoms with E-state index in [4.69, 9.17) is 4.99 Å². The molecule has 0 saturated heterocycles. The average Bonchev–Trinajstić information content (AvgIpc) is 2.87. The van der Waals surface area contributed by atoms with Gasteiger partial charge in [-0.05, 0) is 32.0 Å². The van der Waals surface area contributed by atoms with E-state index in [9.17, 15) is 4.79 Å². The van der Waals surface area contributed by atoms with E-state index in [1.165, 1.54) is 0 Å². The number of fused-ring (bicyclic) bond motifs is 3. The molecule has 2 aromatic carbocycles. The maximum Gasteiger partial charge on any atom is 0.159 e. The van der Waals surface area contributed by atoms with Crippen LogP contribution in [0.5, 0.6) is 0 Å². The van der Waals surface area contributed by atoms with Crippen molar-refractivity contribution in [1.29, 1.82) is 0 Å². The second-order valence-electron chi connectivity index (χ2n) is 5.95. The summed E-state index contributed by atoms with van der Waals surface area (Å²) in [5.41, 5.74) is 5.69. The SMILES string of the molecule is CC(=O)c1ccc2c(c1)C(c1ccccc1)=NCc1cnc(C)n1-2. The predicted octanol–water partition coefficient (Wildman–Crippen LogP) is 3.73. The van der Waals surface area contributed by atoms with E-state index in [1.807, 2.05) is 49.5 Å². The van der Waals surface area contributed by atoms with E-state index >= 15 is 0 Å². The van der Waals surface area contributed by atoms with Crippen LogP contribution in [0.1, 0.15) is 39.9 Å².